The van der Waals surface area contributed by atoms with Crippen molar-refractivity contribution in [2.75, 3.05) is 32.9 Å². The molecule has 1 amide bonds. The Kier molecular flexibility index (Phi) is 6.52. The van der Waals surface area contributed by atoms with Crippen LogP contribution >= 0.6 is 0 Å². The summed E-state index contributed by atoms with van der Waals surface area (Å²) in [7, 11) is 0. The van der Waals surface area contributed by atoms with Crippen LogP contribution in [0.3, 0.4) is 0 Å². The predicted octanol–water partition coefficient (Wildman–Crippen LogP) is 5.27. The van der Waals surface area contributed by atoms with Crippen LogP contribution in [0, 0.1) is 5.41 Å². The van der Waals surface area contributed by atoms with E-state index in [0.717, 1.165) is 0 Å². The van der Waals surface area contributed by atoms with Gasteiger partial charge < -0.3 is 23.8 Å². The van der Waals surface area contributed by atoms with E-state index in [1.54, 1.807) is 23.1 Å². The Balaban J connectivity index is 1.48. The van der Waals surface area contributed by atoms with E-state index in [-0.39, 0.29) is 17.1 Å². The lowest BCUT2D eigenvalue weighted by atomic mass is 9.94. The molecule has 2 aliphatic rings. The molecule has 34 heavy (non-hydrogen) atoms. The average Bonchev–Trinajstić information content (AvgIpc) is 2.93. The summed E-state index contributed by atoms with van der Waals surface area (Å²) in [6.07, 6.45) is -4.23. The van der Waals surface area contributed by atoms with E-state index in [9.17, 15) is 18.0 Å². The van der Waals surface area contributed by atoms with Gasteiger partial charge in [-0.2, -0.15) is 0 Å². The summed E-state index contributed by atoms with van der Waals surface area (Å²) in [4.78, 5) is 15.0. The monoisotopic (exact) mass is 479 g/mol. The number of carbonyl (C=O) groups excluding carboxylic acids is 1. The van der Waals surface area contributed by atoms with Crippen LogP contribution in [0.2, 0.25) is 0 Å². The zero-order valence-corrected chi connectivity index (χ0v) is 19.4. The summed E-state index contributed by atoms with van der Waals surface area (Å²) in [5, 5.41) is 0. The minimum Gasteiger partial charge on any atom is -0.491 e. The number of halogens is 3. The predicted molar refractivity (Wildman–Crippen MR) is 119 cm³/mol. The third-order valence-corrected chi connectivity index (χ3v) is 5.91. The van der Waals surface area contributed by atoms with Crippen molar-refractivity contribution in [2.24, 2.45) is 5.41 Å². The first-order valence-electron chi connectivity index (χ1n) is 11.1. The molecular formula is C25H28F3NO5. The van der Waals surface area contributed by atoms with Crippen molar-refractivity contribution in [3.05, 3.63) is 48.0 Å². The van der Waals surface area contributed by atoms with Crippen molar-refractivity contribution in [3.8, 4) is 22.6 Å². The maximum atomic E-state index is 13.3. The van der Waals surface area contributed by atoms with Gasteiger partial charge in [-0.1, -0.05) is 32.0 Å². The second kappa shape index (κ2) is 9.11. The molecule has 0 spiro atoms. The SMILES string of the molecule is CC1(C)COC(C)(CCN2CCOc3ccc(-c4ccc(OC(F)(F)F)cc4)cc3C2=O)OC1. The van der Waals surface area contributed by atoms with Crippen LogP contribution in [0.15, 0.2) is 42.5 Å². The highest BCUT2D eigenvalue weighted by Gasteiger charge is 2.37. The van der Waals surface area contributed by atoms with E-state index in [1.165, 1.54) is 24.3 Å². The smallest absolute Gasteiger partial charge is 0.491 e. The fraction of sp³-hybridized carbons (Fsp3) is 0.480. The van der Waals surface area contributed by atoms with E-state index < -0.39 is 12.1 Å². The molecule has 4 rings (SSSR count). The van der Waals surface area contributed by atoms with Crippen molar-refractivity contribution in [2.45, 2.75) is 39.3 Å². The first kappa shape index (κ1) is 24.3. The molecule has 0 radical (unpaired) electrons. The number of carbonyl (C=O) groups is 1. The quantitative estimate of drug-likeness (QED) is 0.585. The van der Waals surface area contributed by atoms with Crippen molar-refractivity contribution < 1.29 is 36.9 Å². The molecule has 2 aliphatic heterocycles. The molecule has 2 aromatic rings. The number of ether oxygens (including phenoxy) is 4. The second-order valence-corrected chi connectivity index (χ2v) is 9.55. The maximum absolute atomic E-state index is 13.3. The Morgan fingerprint density at radius 1 is 1.00 bits per heavy atom. The lowest BCUT2D eigenvalue weighted by Gasteiger charge is -2.42. The standard InChI is InChI=1S/C25H28F3NO5/c1-23(2)15-32-24(3,33-16-23)10-11-29-12-13-31-21-9-6-18(14-20(21)22(29)30)17-4-7-19(8-5-17)34-25(26,27)28/h4-9,14H,10-13,15-16H2,1-3H3. The number of rotatable bonds is 5. The minimum atomic E-state index is -4.75. The van der Waals surface area contributed by atoms with Gasteiger partial charge in [0.2, 0.25) is 0 Å². The number of hydrogen-bond acceptors (Lipinski definition) is 5. The summed E-state index contributed by atoms with van der Waals surface area (Å²) < 4.78 is 58.9. The lowest BCUT2D eigenvalue weighted by molar-refractivity contribution is -0.292. The van der Waals surface area contributed by atoms with E-state index in [0.29, 0.717) is 61.8 Å². The van der Waals surface area contributed by atoms with E-state index in [1.807, 2.05) is 6.92 Å². The van der Waals surface area contributed by atoms with Crippen molar-refractivity contribution in [1.82, 2.24) is 4.90 Å². The fourth-order valence-corrected chi connectivity index (χ4v) is 3.86. The van der Waals surface area contributed by atoms with Crippen LogP contribution in [-0.2, 0) is 9.47 Å². The first-order chi connectivity index (χ1) is 15.9. The first-order valence-corrected chi connectivity index (χ1v) is 11.1. The molecular weight excluding hydrogens is 451 g/mol. The van der Waals surface area contributed by atoms with Gasteiger partial charge in [0.15, 0.2) is 5.79 Å². The van der Waals surface area contributed by atoms with Gasteiger partial charge in [-0.15, -0.1) is 13.2 Å². The summed E-state index contributed by atoms with van der Waals surface area (Å²) in [5.74, 6) is -0.758. The Morgan fingerprint density at radius 3 is 2.29 bits per heavy atom. The topological polar surface area (TPSA) is 57.2 Å². The molecule has 0 saturated carbocycles. The molecule has 1 saturated heterocycles. The zero-order chi connectivity index (χ0) is 24.6. The fourth-order valence-electron chi connectivity index (χ4n) is 3.86. The van der Waals surface area contributed by atoms with Gasteiger partial charge in [-0.05, 0) is 42.3 Å². The molecule has 0 unspecified atom stereocenters. The Labute approximate surface area is 196 Å². The van der Waals surface area contributed by atoms with Gasteiger partial charge in [0, 0.05) is 18.4 Å². The molecule has 0 N–H and O–H groups in total. The van der Waals surface area contributed by atoms with Crippen LogP contribution < -0.4 is 9.47 Å². The van der Waals surface area contributed by atoms with Gasteiger partial charge >= 0.3 is 6.36 Å². The van der Waals surface area contributed by atoms with E-state index >= 15 is 0 Å². The van der Waals surface area contributed by atoms with Crippen molar-refractivity contribution in [3.63, 3.8) is 0 Å². The second-order valence-electron chi connectivity index (χ2n) is 9.55. The molecule has 1 fully saturated rings. The van der Waals surface area contributed by atoms with Gasteiger partial charge in [0.1, 0.15) is 18.1 Å². The van der Waals surface area contributed by atoms with Crippen LogP contribution in [0.5, 0.6) is 11.5 Å². The number of amides is 1. The molecule has 9 heteroatoms. The normalized spacial score (nSPS) is 19.7. The number of fused-ring (bicyclic) bond motifs is 1. The highest BCUT2D eigenvalue weighted by molar-refractivity contribution is 5.98. The molecule has 184 valence electrons. The Hall–Kier alpha value is -2.78. The highest BCUT2D eigenvalue weighted by Crippen LogP contribution is 2.33. The molecule has 0 bridgehead atoms. The van der Waals surface area contributed by atoms with Crippen molar-refractivity contribution >= 4 is 5.91 Å². The van der Waals surface area contributed by atoms with Crippen molar-refractivity contribution in [1.29, 1.82) is 0 Å². The number of benzene rings is 2. The Morgan fingerprint density at radius 2 is 1.65 bits per heavy atom. The minimum absolute atomic E-state index is 0.0435. The molecule has 0 aromatic heterocycles. The largest absolute Gasteiger partial charge is 0.573 e. The Bertz CT molecular complexity index is 1030. The number of hydrogen-bond donors (Lipinski definition) is 0. The molecule has 0 aliphatic carbocycles. The lowest BCUT2D eigenvalue weighted by Crippen LogP contribution is -2.47. The third kappa shape index (κ3) is 5.82. The molecule has 6 nitrogen and oxygen atoms in total. The van der Waals surface area contributed by atoms with Gasteiger partial charge in [-0.3, -0.25) is 4.79 Å². The number of nitrogens with zero attached hydrogens (tertiary/aromatic N) is 1. The van der Waals surface area contributed by atoms with Crippen LogP contribution in [0.1, 0.15) is 37.6 Å². The van der Waals surface area contributed by atoms with Gasteiger partial charge in [0.05, 0.1) is 25.3 Å². The molecule has 2 aromatic carbocycles. The van der Waals surface area contributed by atoms with Crippen LogP contribution in [0.4, 0.5) is 13.2 Å². The van der Waals surface area contributed by atoms with Crippen LogP contribution in [-0.4, -0.2) is 55.9 Å². The van der Waals surface area contributed by atoms with E-state index in [2.05, 4.69) is 18.6 Å². The molecule has 0 atom stereocenters. The summed E-state index contributed by atoms with van der Waals surface area (Å²) in [5.41, 5.74) is 1.70. The third-order valence-electron chi connectivity index (χ3n) is 5.91. The molecule has 2 heterocycles. The summed E-state index contributed by atoms with van der Waals surface area (Å²) in [6, 6.07) is 10.7. The average molecular weight is 479 g/mol. The van der Waals surface area contributed by atoms with E-state index in [4.69, 9.17) is 14.2 Å². The zero-order valence-electron chi connectivity index (χ0n) is 19.4. The van der Waals surface area contributed by atoms with Crippen LogP contribution in [0.25, 0.3) is 11.1 Å². The summed E-state index contributed by atoms with van der Waals surface area (Å²) >= 11 is 0. The maximum Gasteiger partial charge on any atom is 0.573 e. The van der Waals surface area contributed by atoms with Gasteiger partial charge in [0.25, 0.3) is 5.91 Å². The summed E-state index contributed by atoms with van der Waals surface area (Å²) in [6.45, 7) is 8.42. The highest BCUT2D eigenvalue weighted by atomic mass is 19.4. The van der Waals surface area contributed by atoms with Gasteiger partial charge in [-0.25, -0.2) is 0 Å². The number of alkyl halides is 3.